The zero-order valence-electron chi connectivity index (χ0n) is 6.13. The highest BCUT2D eigenvalue weighted by molar-refractivity contribution is 5.75. The fraction of sp³-hybridized carbons (Fsp3) is 0. The second-order valence-electron chi connectivity index (χ2n) is 2.55. The summed E-state index contributed by atoms with van der Waals surface area (Å²) in [6.07, 6.45) is 0. The van der Waals surface area contributed by atoms with Crippen molar-refractivity contribution in [1.29, 1.82) is 0 Å². The number of hydrogen-bond donors (Lipinski definition) is 4. The van der Waals surface area contributed by atoms with Crippen molar-refractivity contribution >= 4 is 17.1 Å². The first-order valence-corrected chi connectivity index (χ1v) is 3.44. The van der Waals surface area contributed by atoms with E-state index in [-0.39, 0.29) is 0 Å². The van der Waals surface area contributed by atoms with Gasteiger partial charge >= 0.3 is 0 Å². The zero-order valence-corrected chi connectivity index (χ0v) is 6.13. The third-order valence-electron chi connectivity index (χ3n) is 1.79. The van der Waals surface area contributed by atoms with E-state index >= 15 is 0 Å². The van der Waals surface area contributed by atoms with E-state index in [4.69, 9.17) is 5.73 Å². The zero-order chi connectivity index (χ0) is 8.72. The Hall–Kier alpha value is -1.34. The molecule has 0 aliphatic carbocycles. The van der Waals surface area contributed by atoms with Crippen LogP contribution >= 0.6 is 0 Å². The minimum absolute atomic E-state index is 0.361. The Morgan fingerprint density at radius 2 is 2.08 bits per heavy atom. The quantitative estimate of drug-likeness (QED) is 0.264. The van der Waals surface area contributed by atoms with Crippen molar-refractivity contribution in [1.82, 2.24) is 0 Å². The molecule has 1 aliphatic heterocycles. The second-order valence-corrected chi connectivity index (χ2v) is 2.55. The van der Waals surface area contributed by atoms with E-state index in [1.165, 1.54) is 0 Å². The fourth-order valence-corrected chi connectivity index (χ4v) is 1.19. The van der Waals surface area contributed by atoms with Gasteiger partial charge in [-0.3, -0.25) is 0 Å². The van der Waals surface area contributed by atoms with Crippen molar-refractivity contribution in [3.05, 3.63) is 28.6 Å². The topological polar surface area (TPSA) is 93.0 Å². The van der Waals surface area contributed by atoms with Crippen LogP contribution in [0.15, 0.2) is 18.2 Å². The number of para-hydroxylation sites is 1. The molecule has 1 aliphatic rings. The van der Waals surface area contributed by atoms with Crippen LogP contribution in [0.25, 0.3) is 0 Å². The van der Waals surface area contributed by atoms with Crippen LogP contribution in [-0.2, 0) is 0 Å². The number of benzene rings is 1. The molecule has 12 heavy (non-hydrogen) atoms. The summed E-state index contributed by atoms with van der Waals surface area (Å²) in [5.74, 6) is 0. The predicted octanol–water partition coefficient (Wildman–Crippen LogP) is -2.08. The molecule has 6 nitrogen and oxygen atoms in total. The average molecular weight is 168 g/mol. The van der Waals surface area contributed by atoms with Gasteiger partial charge in [0.25, 0.3) is 0 Å². The summed E-state index contributed by atoms with van der Waals surface area (Å²) in [5, 5.41) is 20.8. The van der Waals surface area contributed by atoms with Crippen LogP contribution < -0.4 is 21.6 Å². The molecule has 2 unspecified atom stereocenters. The first-order chi connectivity index (χ1) is 5.70. The van der Waals surface area contributed by atoms with Gasteiger partial charge in [-0.25, -0.2) is 0 Å². The molecule has 0 saturated heterocycles. The lowest BCUT2D eigenvalue weighted by Gasteiger charge is -2.23. The van der Waals surface area contributed by atoms with Gasteiger partial charge in [-0.05, 0) is 6.07 Å². The highest BCUT2D eigenvalue weighted by Crippen LogP contribution is 2.24. The molecule has 2 rings (SSSR count). The highest BCUT2D eigenvalue weighted by atomic mass is 16.7. The number of anilines is 2. The summed E-state index contributed by atoms with van der Waals surface area (Å²) in [5.41, 5.74) is 9.15. The molecule has 2 atom stereocenters. The molecule has 1 aromatic carbocycles. The lowest BCUT2D eigenvalue weighted by atomic mass is 10.2. The van der Waals surface area contributed by atoms with Crippen molar-refractivity contribution in [3.63, 3.8) is 0 Å². The molecule has 0 amide bonds. The Labute approximate surface area is 68.3 Å². The minimum Gasteiger partial charge on any atom is -0.576 e. The van der Waals surface area contributed by atoms with Crippen molar-refractivity contribution < 1.29 is 10.5 Å². The Morgan fingerprint density at radius 3 is 2.75 bits per heavy atom. The third-order valence-corrected chi connectivity index (χ3v) is 1.79. The first kappa shape index (κ1) is 7.32. The molecule has 0 fully saturated rings. The summed E-state index contributed by atoms with van der Waals surface area (Å²) in [7, 11) is 0. The molecular weight excluding hydrogens is 160 g/mol. The van der Waals surface area contributed by atoms with Gasteiger partial charge in [-0.15, -0.1) is 5.28 Å². The molecule has 0 bridgehead atoms. The number of nitrogens with two attached hydrogens (primary N) is 1. The first-order valence-electron chi connectivity index (χ1n) is 3.44. The summed E-state index contributed by atoms with van der Waals surface area (Å²) in [6.45, 7) is 0. The van der Waals surface area contributed by atoms with E-state index in [2.05, 4.69) is 5.43 Å². The molecule has 1 heterocycles. The van der Waals surface area contributed by atoms with Gasteiger partial charge in [-0.1, -0.05) is 6.07 Å². The maximum atomic E-state index is 11.1. The van der Waals surface area contributed by atoms with Crippen molar-refractivity contribution in [2.45, 2.75) is 0 Å². The van der Waals surface area contributed by atoms with Gasteiger partial charge in [0, 0.05) is 6.07 Å². The maximum absolute atomic E-state index is 11.1. The van der Waals surface area contributed by atoms with E-state index in [0.29, 0.717) is 17.1 Å². The molecule has 64 valence electrons. The van der Waals surface area contributed by atoms with Gasteiger partial charge in [0.2, 0.25) is 5.69 Å². The van der Waals surface area contributed by atoms with Crippen molar-refractivity contribution in [3.8, 4) is 0 Å². The monoisotopic (exact) mass is 168 g/mol. The van der Waals surface area contributed by atoms with Crippen LogP contribution in [0.1, 0.15) is 0 Å². The summed E-state index contributed by atoms with van der Waals surface area (Å²) in [6, 6.07) is 4.86. The van der Waals surface area contributed by atoms with E-state index in [0.717, 1.165) is 0 Å². The van der Waals surface area contributed by atoms with Gasteiger partial charge < -0.3 is 16.1 Å². The van der Waals surface area contributed by atoms with Gasteiger partial charge in [0.05, 0.1) is 5.69 Å². The SMILES string of the molecule is Nc1cccc2c1N[NH+]([O-])[NH+]2[O-]. The summed E-state index contributed by atoms with van der Waals surface area (Å²) < 4.78 is 0. The predicted molar refractivity (Wildman–Crippen MR) is 42.8 cm³/mol. The molecule has 0 radical (unpaired) electrons. The Bertz CT molecular complexity index is 316. The van der Waals surface area contributed by atoms with Crippen LogP contribution in [0.4, 0.5) is 17.1 Å². The molecular formula is C6H8N4O2. The minimum atomic E-state index is -0.608. The summed E-state index contributed by atoms with van der Waals surface area (Å²) >= 11 is 0. The van der Waals surface area contributed by atoms with E-state index in [1.54, 1.807) is 18.2 Å². The Balaban J connectivity index is 2.53. The molecule has 0 saturated carbocycles. The Morgan fingerprint density at radius 1 is 1.33 bits per heavy atom. The van der Waals surface area contributed by atoms with Gasteiger partial charge in [0.1, 0.15) is 0 Å². The van der Waals surface area contributed by atoms with Gasteiger partial charge in [-0.2, -0.15) is 10.6 Å². The van der Waals surface area contributed by atoms with Crippen LogP contribution in [0, 0.1) is 10.4 Å². The lowest BCUT2D eigenvalue weighted by molar-refractivity contribution is -1.42. The fourth-order valence-electron chi connectivity index (χ4n) is 1.19. The number of nitrogens with one attached hydrogen (secondary N) is 3. The number of rotatable bonds is 0. The molecule has 5 N–H and O–H groups in total. The number of hydrogen-bond acceptors (Lipinski definition) is 4. The normalized spacial score (nSPS) is 26.5. The van der Waals surface area contributed by atoms with Crippen LogP contribution in [0.3, 0.4) is 0 Å². The number of quaternary nitrogens is 2. The largest absolute Gasteiger partial charge is 0.576 e. The Kier molecular flexibility index (Phi) is 1.42. The average Bonchev–Trinajstić information content (AvgIpc) is 2.32. The van der Waals surface area contributed by atoms with E-state index < -0.39 is 10.5 Å². The van der Waals surface area contributed by atoms with E-state index in [1.807, 2.05) is 0 Å². The summed E-state index contributed by atoms with van der Waals surface area (Å²) in [4.78, 5) is 0. The molecule has 0 aromatic heterocycles. The standard InChI is InChI=1S/C6H8N4O2/c7-4-2-1-3-5-6(4)8-10(12)9(5)11/h1-3,8-10H,7H2. The lowest BCUT2D eigenvalue weighted by Crippen LogP contribution is -3.53. The molecule has 0 spiro atoms. The van der Waals surface area contributed by atoms with E-state index in [9.17, 15) is 10.4 Å². The molecule has 1 aromatic rings. The number of nitrogen functional groups attached to an aromatic ring is 1. The third kappa shape index (κ3) is 0.836. The van der Waals surface area contributed by atoms with Crippen molar-refractivity contribution in [2.75, 3.05) is 11.2 Å². The van der Waals surface area contributed by atoms with Crippen molar-refractivity contribution in [2.24, 2.45) is 0 Å². The van der Waals surface area contributed by atoms with Crippen LogP contribution in [-0.4, -0.2) is 0 Å². The van der Waals surface area contributed by atoms with Crippen LogP contribution in [0.5, 0.6) is 0 Å². The maximum Gasteiger partial charge on any atom is 0.212 e. The number of fused-ring (bicyclic) bond motifs is 1. The van der Waals surface area contributed by atoms with Crippen LogP contribution in [0.2, 0.25) is 0 Å². The molecule has 6 heteroatoms. The highest BCUT2D eigenvalue weighted by Gasteiger charge is 2.26. The van der Waals surface area contributed by atoms with Gasteiger partial charge in [0.15, 0.2) is 5.69 Å². The smallest absolute Gasteiger partial charge is 0.212 e. The second kappa shape index (κ2) is 2.32.